The average molecular weight is 1310 g/mol. The standard InChI is InChI=1S/C19H16ClNO4.C14H11Cl2NO2.C14H14O3.C13H12O3.C13H18O2/c1-11-15(10-18(22)23)16-9-14(25-2)7-8-17(16)21(11)19(24)12-3-5-13(20)6-4-12;15-10-5-3-6-11(16)14(10)17-12-7-2-1-4-9(12)8-13(18)19;1-9(14(15)16)10-3-4-12-8-13(17-2)6-5-11(12)7-10;1-16-12-5-4-10-6-9(7-13(14)15)2-3-11(10)8-12;1-9(2)8-11-4-6-12(7-5-11)10(3)13(14)15/h3-9H,10H2,1-2H3,(H,22,23);1-7,17H,8H2,(H,18,19);3-9H,1-2H3,(H,15,16);2-6,8H,7H2,1H3,(H,14,15);4-7,9-10H,8H2,1-3H3,(H,14,15). The average Bonchev–Trinajstić information content (AvgIpc) is 1.60. The molecule has 0 aliphatic heterocycles. The lowest BCUT2D eigenvalue weighted by atomic mass is 9.97. The number of benzene rings is 9. The van der Waals surface area contributed by atoms with Gasteiger partial charge in [0.2, 0.25) is 0 Å². The minimum Gasteiger partial charge on any atom is -0.497 e. The number of aliphatic carboxylic acids is 5. The Kier molecular flexibility index (Phi) is 26.2. The van der Waals surface area contributed by atoms with Crippen LogP contribution in [0.5, 0.6) is 17.2 Å². The van der Waals surface area contributed by atoms with Gasteiger partial charge in [0.15, 0.2) is 0 Å². The summed E-state index contributed by atoms with van der Waals surface area (Å²) < 4.78 is 17.0. The number of carbonyl (C=O) groups is 6. The summed E-state index contributed by atoms with van der Waals surface area (Å²) in [7, 11) is 4.79. The predicted molar refractivity (Wildman–Crippen MR) is 363 cm³/mol. The van der Waals surface area contributed by atoms with Crippen LogP contribution in [0.3, 0.4) is 0 Å². The van der Waals surface area contributed by atoms with Gasteiger partial charge >= 0.3 is 29.8 Å². The largest absolute Gasteiger partial charge is 0.497 e. The Hall–Kier alpha value is -9.87. The molecule has 0 saturated heterocycles. The summed E-state index contributed by atoms with van der Waals surface area (Å²) in [5.74, 6) is -2.53. The number of nitrogens with one attached hydrogen (secondary N) is 1. The van der Waals surface area contributed by atoms with Crippen LogP contribution in [0.4, 0.5) is 11.4 Å². The Bertz CT molecular complexity index is 4220. The number of halogens is 3. The molecule has 0 radical (unpaired) electrons. The number of fused-ring (bicyclic) bond motifs is 3. The minimum atomic E-state index is -0.955. The van der Waals surface area contributed by atoms with Gasteiger partial charge in [-0.05, 0) is 173 Å². The maximum absolute atomic E-state index is 13.0. The van der Waals surface area contributed by atoms with E-state index in [1.54, 1.807) is 121 Å². The zero-order valence-electron chi connectivity index (χ0n) is 51.9. The Labute approximate surface area is 548 Å². The van der Waals surface area contributed by atoms with E-state index in [1.165, 1.54) is 10.1 Å². The molecule has 9 aromatic carbocycles. The van der Waals surface area contributed by atoms with Crippen molar-refractivity contribution >= 4 is 114 Å². The summed E-state index contributed by atoms with van der Waals surface area (Å²) in [6.45, 7) is 9.49. The van der Waals surface area contributed by atoms with Crippen LogP contribution in [0, 0.1) is 12.8 Å². The van der Waals surface area contributed by atoms with E-state index in [0.717, 1.165) is 56.2 Å². The Morgan fingerprint density at radius 1 is 0.489 bits per heavy atom. The number of rotatable bonds is 18. The van der Waals surface area contributed by atoms with Gasteiger partial charge in [0.1, 0.15) is 17.2 Å². The summed E-state index contributed by atoms with van der Waals surface area (Å²) >= 11 is 18.0. The summed E-state index contributed by atoms with van der Waals surface area (Å²) in [6.07, 6.45) is 0.866. The number of anilines is 2. The fourth-order valence-corrected chi connectivity index (χ4v) is 10.3. The maximum Gasteiger partial charge on any atom is 0.310 e. The Balaban J connectivity index is 0.000000185. The Morgan fingerprint density at radius 2 is 0.967 bits per heavy atom. The van der Waals surface area contributed by atoms with Crippen LogP contribution >= 0.6 is 34.8 Å². The quantitative estimate of drug-likeness (QED) is 0.0467. The van der Waals surface area contributed by atoms with Gasteiger partial charge in [-0.25, -0.2) is 0 Å². The Morgan fingerprint density at radius 3 is 1.51 bits per heavy atom. The smallest absolute Gasteiger partial charge is 0.310 e. The second kappa shape index (κ2) is 33.8. The van der Waals surface area contributed by atoms with Crippen LogP contribution in [0.15, 0.2) is 182 Å². The molecule has 16 nitrogen and oxygen atoms in total. The third kappa shape index (κ3) is 20.1. The number of aromatic nitrogens is 1. The summed E-state index contributed by atoms with van der Waals surface area (Å²) in [6, 6.07) is 54.9. The molecule has 1 heterocycles. The SMILES string of the molecule is CC(C)Cc1ccc(C(C)C(=O)O)cc1.COc1ccc2c(c1)c(CC(=O)O)c(C)n2C(=O)c1ccc(Cl)cc1.COc1ccc2cc(C(C)C(=O)O)ccc2c1.COc1ccc2cc(CC(=O)O)ccc2c1.O=C(O)Cc1ccccc1Nc1c(Cl)cccc1Cl. The molecule has 0 fully saturated rings. The van der Waals surface area contributed by atoms with E-state index in [4.69, 9.17) is 69.4 Å². The fraction of sp³-hybridized carbons (Fsp3) is 0.205. The molecule has 0 aliphatic rings. The summed E-state index contributed by atoms with van der Waals surface area (Å²) in [5, 5.41) is 54.1. The van der Waals surface area contributed by atoms with Crippen molar-refractivity contribution in [1.29, 1.82) is 0 Å². The number of methoxy groups -OCH3 is 3. The zero-order chi connectivity index (χ0) is 67.3. The number of hydrogen-bond acceptors (Lipinski definition) is 10. The molecule has 19 heteroatoms. The van der Waals surface area contributed by atoms with Gasteiger partial charge in [0.05, 0.1) is 73.7 Å². The molecule has 0 aliphatic carbocycles. The third-order valence-corrected chi connectivity index (χ3v) is 15.5. The van der Waals surface area contributed by atoms with Gasteiger partial charge in [0.25, 0.3) is 5.91 Å². The highest BCUT2D eigenvalue weighted by molar-refractivity contribution is 6.39. The molecule has 2 atom stereocenters. The van der Waals surface area contributed by atoms with E-state index >= 15 is 0 Å². The van der Waals surface area contributed by atoms with E-state index in [1.807, 2.05) is 103 Å². The third-order valence-electron chi connectivity index (χ3n) is 14.6. The molecule has 92 heavy (non-hydrogen) atoms. The maximum atomic E-state index is 13.0. The predicted octanol–water partition coefficient (Wildman–Crippen LogP) is 16.9. The zero-order valence-corrected chi connectivity index (χ0v) is 54.1. The first-order valence-electron chi connectivity index (χ1n) is 28.9. The van der Waals surface area contributed by atoms with E-state index in [-0.39, 0.29) is 25.2 Å². The lowest BCUT2D eigenvalue weighted by Crippen LogP contribution is -2.14. The molecular formula is C73H71Cl3N2O14. The number of nitrogens with zero attached hydrogens (tertiary/aromatic N) is 1. The summed E-state index contributed by atoms with van der Waals surface area (Å²) in [4.78, 5) is 67.3. The van der Waals surface area contributed by atoms with E-state index < -0.39 is 41.7 Å². The molecule has 0 spiro atoms. The normalized spacial score (nSPS) is 11.2. The molecule has 10 rings (SSSR count). The van der Waals surface area contributed by atoms with Crippen LogP contribution in [0.1, 0.15) is 89.0 Å². The van der Waals surface area contributed by atoms with Crippen molar-refractivity contribution in [3.8, 4) is 17.2 Å². The number of hydrogen-bond donors (Lipinski definition) is 6. The molecule has 10 aromatic rings. The van der Waals surface area contributed by atoms with Crippen molar-refractivity contribution in [2.45, 2.75) is 72.1 Å². The number of carboxylic acid groups (broad SMARTS) is 5. The van der Waals surface area contributed by atoms with Crippen LogP contribution in [0.25, 0.3) is 32.4 Å². The molecule has 6 N–H and O–H groups in total. The molecule has 0 amide bonds. The molecule has 0 saturated carbocycles. The van der Waals surface area contributed by atoms with Gasteiger partial charge in [-0.15, -0.1) is 0 Å². The second-order valence-corrected chi connectivity index (χ2v) is 22.9. The molecule has 478 valence electrons. The number of para-hydroxylation sites is 2. The van der Waals surface area contributed by atoms with E-state index in [0.29, 0.717) is 71.4 Å². The number of ether oxygens (including phenoxy) is 3. The first-order valence-corrected chi connectivity index (χ1v) is 30.1. The molecule has 0 bridgehead atoms. The molecular weight excluding hydrogens is 1240 g/mol. The first kappa shape index (κ1) is 71.2. The highest BCUT2D eigenvalue weighted by atomic mass is 35.5. The van der Waals surface area contributed by atoms with Crippen LogP contribution in [-0.4, -0.2) is 87.2 Å². The van der Waals surface area contributed by atoms with Crippen molar-refractivity contribution in [2.24, 2.45) is 5.92 Å². The van der Waals surface area contributed by atoms with Gasteiger partial charge in [-0.2, -0.15) is 0 Å². The lowest BCUT2D eigenvalue weighted by Gasteiger charge is -2.13. The highest BCUT2D eigenvalue weighted by Crippen LogP contribution is 2.35. The highest BCUT2D eigenvalue weighted by Gasteiger charge is 2.22. The van der Waals surface area contributed by atoms with E-state index in [2.05, 4.69) is 19.2 Å². The lowest BCUT2D eigenvalue weighted by molar-refractivity contribution is -0.139. The van der Waals surface area contributed by atoms with E-state index in [9.17, 15) is 33.9 Å². The van der Waals surface area contributed by atoms with Gasteiger partial charge in [-0.1, -0.05) is 146 Å². The van der Waals surface area contributed by atoms with Crippen molar-refractivity contribution in [1.82, 2.24) is 4.57 Å². The fourth-order valence-electron chi connectivity index (χ4n) is 9.68. The van der Waals surface area contributed by atoms with Crippen LogP contribution < -0.4 is 19.5 Å². The number of carbonyl (C=O) groups excluding carboxylic acids is 1. The molecule has 2 unspecified atom stereocenters. The van der Waals surface area contributed by atoms with Crippen molar-refractivity contribution < 1.29 is 68.5 Å². The second-order valence-electron chi connectivity index (χ2n) is 21.7. The van der Waals surface area contributed by atoms with Crippen molar-refractivity contribution in [3.63, 3.8) is 0 Å². The van der Waals surface area contributed by atoms with Crippen LogP contribution in [0.2, 0.25) is 15.1 Å². The molecule has 1 aromatic heterocycles. The van der Waals surface area contributed by atoms with Crippen LogP contribution in [-0.2, 0) is 49.7 Å². The van der Waals surface area contributed by atoms with Crippen molar-refractivity contribution in [3.05, 3.63) is 242 Å². The van der Waals surface area contributed by atoms with Gasteiger partial charge < -0.3 is 45.1 Å². The van der Waals surface area contributed by atoms with Gasteiger partial charge in [-0.3, -0.25) is 33.3 Å². The topological polar surface area (TPSA) is 248 Å². The summed E-state index contributed by atoms with van der Waals surface area (Å²) in [5.41, 5.74) is 8.02. The minimum absolute atomic E-state index is 0.0575. The number of carboxylic acids is 5. The first-order chi connectivity index (χ1) is 43.8. The van der Waals surface area contributed by atoms with Crippen molar-refractivity contribution in [2.75, 3.05) is 26.6 Å². The van der Waals surface area contributed by atoms with Gasteiger partial charge in [0, 0.05) is 27.4 Å². The monoisotopic (exact) mass is 1300 g/mol.